The summed E-state index contributed by atoms with van der Waals surface area (Å²) in [5.41, 5.74) is 7.94. The molecule has 0 aliphatic carbocycles. The van der Waals surface area contributed by atoms with E-state index in [0.29, 0.717) is 5.02 Å². The van der Waals surface area contributed by atoms with Crippen LogP contribution in [0.15, 0.2) is 18.2 Å². The molecule has 0 radical (unpaired) electrons. The number of benzene rings is 1. The summed E-state index contributed by atoms with van der Waals surface area (Å²) in [6, 6.07) is 5.61. The smallest absolute Gasteiger partial charge is 0.126 e. The number of hydrogen-bond acceptors (Lipinski definition) is 3. The molecule has 2 rings (SSSR count). The third kappa shape index (κ3) is 2.66. The van der Waals surface area contributed by atoms with Gasteiger partial charge in [0.05, 0.1) is 17.1 Å². The van der Waals surface area contributed by atoms with E-state index < -0.39 is 0 Å². The van der Waals surface area contributed by atoms with Gasteiger partial charge < -0.3 is 15.0 Å². The Morgan fingerprint density at radius 1 is 1.50 bits per heavy atom. The van der Waals surface area contributed by atoms with Crippen LogP contribution in [0.3, 0.4) is 0 Å². The molecule has 2 N–H and O–H groups in total. The fourth-order valence-corrected chi connectivity index (χ4v) is 2.23. The third-order valence-electron chi connectivity index (χ3n) is 2.88. The van der Waals surface area contributed by atoms with Gasteiger partial charge in [-0.25, -0.2) is 4.98 Å². The van der Waals surface area contributed by atoms with Crippen molar-refractivity contribution < 1.29 is 4.74 Å². The minimum Gasteiger partial charge on any atom is -0.385 e. The number of nitrogens with zero attached hydrogens (tertiary/aromatic N) is 2. The molecule has 18 heavy (non-hydrogen) atoms. The highest BCUT2D eigenvalue weighted by atomic mass is 35.5. The zero-order valence-corrected chi connectivity index (χ0v) is 11.4. The van der Waals surface area contributed by atoms with Crippen molar-refractivity contribution >= 4 is 22.6 Å². The van der Waals surface area contributed by atoms with E-state index in [1.165, 1.54) is 0 Å². The molecule has 0 saturated heterocycles. The second-order valence-electron chi connectivity index (χ2n) is 4.39. The molecule has 0 saturated carbocycles. The molecular weight excluding hydrogens is 250 g/mol. The highest BCUT2D eigenvalue weighted by molar-refractivity contribution is 6.31. The first-order chi connectivity index (χ1) is 8.63. The standard InChI is InChI=1S/C13H18ClN3O/c1-9(15)13-16-11-5-4-10(14)8-12(11)17(13)6-3-7-18-2/h4-5,8-9H,3,6-7,15H2,1-2H3. The van der Waals surface area contributed by atoms with Crippen LogP contribution in [0.5, 0.6) is 0 Å². The van der Waals surface area contributed by atoms with Crippen LogP contribution in [0, 0.1) is 0 Å². The lowest BCUT2D eigenvalue weighted by atomic mass is 10.3. The lowest BCUT2D eigenvalue weighted by Crippen LogP contribution is -2.14. The van der Waals surface area contributed by atoms with Crippen molar-refractivity contribution in [3.8, 4) is 0 Å². The Hall–Kier alpha value is -1.10. The molecule has 1 aromatic carbocycles. The van der Waals surface area contributed by atoms with Gasteiger partial charge in [0.2, 0.25) is 0 Å². The van der Waals surface area contributed by atoms with E-state index in [-0.39, 0.29) is 6.04 Å². The first-order valence-corrected chi connectivity index (χ1v) is 6.41. The lowest BCUT2D eigenvalue weighted by Gasteiger charge is -2.11. The third-order valence-corrected chi connectivity index (χ3v) is 3.11. The number of fused-ring (bicyclic) bond motifs is 1. The Morgan fingerprint density at radius 3 is 2.94 bits per heavy atom. The molecule has 0 bridgehead atoms. The summed E-state index contributed by atoms with van der Waals surface area (Å²) in [6.07, 6.45) is 0.925. The first kappa shape index (κ1) is 13.3. The maximum Gasteiger partial charge on any atom is 0.126 e. The molecule has 0 aliphatic rings. The molecule has 0 fully saturated rings. The van der Waals surface area contributed by atoms with Crippen LogP contribution in [-0.4, -0.2) is 23.3 Å². The minimum absolute atomic E-state index is 0.0984. The number of hydrogen-bond donors (Lipinski definition) is 1. The van der Waals surface area contributed by atoms with Crippen molar-refractivity contribution in [2.75, 3.05) is 13.7 Å². The van der Waals surface area contributed by atoms with Crippen LogP contribution >= 0.6 is 11.6 Å². The van der Waals surface area contributed by atoms with Gasteiger partial charge in [0.1, 0.15) is 5.82 Å². The van der Waals surface area contributed by atoms with Gasteiger partial charge in [-0.1, -0.05) is 11.6 Å². The summed E-state index contributed by atoms with van der Waals surface area (Å²) < 4.78 is 7.22. The van der Waals surface area contributed by atoms with E-state index in [2.05, 4.69) is 9.55 Å². The molecule has 1 atom stereocenters. The van der Waals surface area contributed by atoms with Crippen molar-refractivity contribution in [1.29, 1.82) is 0 Å². The summed E-state index contributed by atoms with van der Waals surface area (Å²) in [4.78, 5) is 4.57. The summed E-state index contributed by atoms with van der Waals surface area (Å²) in [5, 5.41) is 0.714. The molecule has 98 valence electrons. The molecule has 1 unspecified atom stereocenters. The fraction of sp³-hybridized carbons (Fsp3) is 0.462. The van der Waals surface area contributed by atoms with E-state index in [4.69, 9.17) is 22.1 Å². The molecular formula is C13H18ClN3O. The number of halogens is 1. The molecule has 5 heteroatoms. The van der Waals surface area contributed by atoms with Crippen LogP contribution in [0.1, 0.15) is 25.2 Å². The fourth-order valence-electron chi connectivity index (χ4n) is 2.06. The predicted molar refractivity (Wildman–Crippen MR) is 73.8 cm³/mol. The van der Waals surface area contributed by atoms with Gasteiger partial charge in [-0.2, -0.15) is 0 Å². The average molecular weight is 268 g/mol. The van der Waals surface area contributed by atoms with Gasteiger partial charge in [-0.3, -0.25) is 0 Å². The van der Waals surface area contributed by atoms with Gasteiger partial charge >= 0.3 is 0 Å². The quantitative estimate of drug-likeness (QED) is 0.848. The average Bonchev–Trinajstić information content (AvgIpc) is 2.68. The maximum absolute atomic E-state index is 6.04. The normalized spacial score (nSPS) is 13.1. The number of methoxy groups -OCH3 is 1. The van der Waals surface area contributed by atoms with Crippen LogP contribution < -0.4 is 5.73 Å². The number of imidazole rings is 1. The van der Waals surface area contributed by atoms with E-state index in [1.807, 2.05) is 25.1 Å². The van der Waals surface area contributed by atoms with Gasteiger partial charge in [-0.15, -0.1) is 0 Å². The highest BCUT2D eigenvalue weighted by Crippen LogP contribution is 2.23. The second kappa shape index (κ2) is 5.69. The molecule has 0 spiro atoms. The van der Waals surface area contributed by atoms with E-state index in [1.54, 1.807) is 7.11 Å². The summed E-state index contributed by atoms with van der Waals surface area (Å²) >= 11 is 6.04. The number of nitrogens with two attached hydrogens (primary N) is 1. The summed E-state index contributed by atoms with van der Waals surface area (Å²) in [5.74, 6) is 0.892. The van der Waals surface area contributed by atoms with Gasteiger partial charge in [0, 0.05) is 25.3 Å². The van der Waals surface area contributed by atoms with Gasteiger partial charge in [0.25, 0.3) is 0 Å². The zero-order valence-electron chi connectivity index (χ0n) is 10.7. The van der Waals surface area contributed by atoms with Crippen molar-refractivity contribution in [2.45, 2.75) is 25.9 Å². The number of aromatic nitrogens is 2. The van der Waals surface area contributed by atoms with Gasteiger partial charge in [-0.05, 0) is 31.5 Å². The Labute approximate surface area is 112 Å². The van der Waals surface area contributed by atoms with Crippen LogP contribution in [0.4, 0.5) is 0 Å². The molecule has 0 aliphatic heterocycles. The first-order valence-electron chi connectivity index (χ1n) is 6.03. The minimum atomic E-state index is -0.0984. The Bertz CT molecular complexity index is 536. The van der Waals surface area contributed by atoms with Crippen LogP contribution in [0.25, 0.3) is 11.0 Å². The molecule has 2 aromatic rings. The van der Waals surface area contributed by atoms with Crippen molar-refractivity contribution in [3.63, 3.8) is 0 Å². The lowest BCUT2D eigenvalue weighted by molar-refractivity contribution is 0.190. The topological polar surface area (TPSA) is 53.1 Å². The molecule has 4 nitrogen and oxygen atoms in total. The van der Waals surface area contributed by atoms with E-state index in [9.17, 15) is 0 Å². The largest absolute Gasteiger partial charge is 0.385 e. The van der Waals surface area contributed by atoms with Crippen LogP contribution in [-0.2, 0) is 11.3 Å². The number of rotatable bonds is 5. The number of aryl methyl sites for hydroxylation is 1. The SMILES string of the molecule is COCCCn1c(C(C)N)nc2ccc(Cl)cc21. The van der Waals surface area contributed by atoms with Crippen LogP contribution in [0.2, 0.25) is 5.02 Å². The van der Waals surface area contributed by atoms with E-state index >= 15 is 0 Å². The Morgan fingerprint density at radius 2 is 2.28 bits per heavy atom. The van der Waals surface area contributed by atoms with Gasteiger partial charge in [0.15, 0.2) is 0 Å². The molecule has 1 heterocycles. The molecule has 0 amide bonds. The predicted octanol–water partition coefficient (Wildman–Crippen LogP) is 2.75. The summed E-state index contributed by atoms with van der Waals surface area (Å²) in [6.45, 7) is 3.50. The molecule has 1 aromatic heterocycles. The zero-order chi connectivity index (χ0) is 13.1. The maximum atomic E-state index is 6.04. The van der Waals surface area contributed by atoms with E-state index in [0.717, 1.165) is 36.4 Å². The summed E-state index contributed by atoms with van der Waals surface area (Å²) in [7, 11) is 1.70. The second-order valence-corrected chi connectivity index (χ2v) is 4.83. The van der Waals surface area contributed by atoms with Crippen molar-refractivity contribution in [1.82, 2.24) is 9.55 Å². The Balaban J connectivity index is 2.43. The van der Waals surface area contributed by atoms with Crippen molar-refractivity contribution in [3.05, 3.63) is 29.0 Å². The number of ether oxygens (including phenoxy) is 1. The highest BCUT2D eigenvalue weighted by Gasteiger charge is 2.13. The monoisotopic (exact) mass is 267 g/mol. The Kier molecular flexibility index (Phi) is 4.22. The van der Waals surface area contributed by atoms with Crippen molar-refractivity contribution in [2.24, 2.45) is 5.73 Å².